The second-order valence-electron chi connectivity index (χ2n) is 11.6. The summed E-state index contributed by atoms with van der Waals surface area (Å²) >= 11 is 0. The quantitative estimate of drug-likeness (QED) is 0.109. The van der Waals surface area contributed by atoms with Crippen molar-refractivity contribution in [2.45, 2.75) is 27.7 Å². The number of pyridine rings is 3. The summed E-state index contributed by atoms with van der Waals surface area (Å²) < 4.78 is 0. The van der Waals surface area contributed by atoms with E-state index in [1.807, 2.05) is 37.3 Å². The molecule has 0 aliphatic rings. The Kier molecular flexibility index (Phi) is 7.78. The van der Waals surface area contributed by atoms with Crippen molar-refractivity contribution in [3.8, 4) is 33.8 Å². The van der Waals surface area contributed by atoms with Crippen molar-refractivity contribution in [2.24, 2.45) is 4.99 Å². The van der Waals surface area contributed by atoms with Gasteiger partial charge in [0.1, 0.15) is 0 Å². The third-order valence-electron chi connectivity index (χ3n) is 8.47. The van der Waals surface area contributed by atoms with Gasteiger partial charge in [-0.3, -0.25) is 4.99 Å². The molecule has 0 bridgehead atoms. The van der Waals surface area contributed by atoms with Gasteiger partial charge >= 0.3 is 0 Å². The standard InChI is InChI=1S/C42H34N4/c1-5-6-11-27(2)29(4)43-39-28(3)16-17-31-21-24-37(45-40(31)39)34-14-10-15-35(26-34)38-25-22-33-19-18-32-20-23-36(30-12-8-7-9-13-30)44-41(32)42(33)46-38/h5-26H,1-4H3/b6-5-,27-11+,43-29?. The third kappa shape index (κ3) is 5.62. The maximum absolute atomic E-state index is 5.18. The smallest absolute Gasteiger partial charge is 0.0972 e. The molecule has 7 rings (SSSR count). The molecule has 4 aromatic carbocycles. The minimum atomic E-state index is 0.897. The normalized spacial score (nSPS) is 12.5. The van der Waals surface area contributed by atoms with Crippen LogP contribution in [-0.2, 0) is 0 Å². The Morgan fingerprint density at radius 1 is 0.565 bits per heavy atom. The maximum Gasteiger partial charge on any atom is 0.0972 e. The number of hydrogen-bond acceptors (Lipinski definition) is 4. The van der Waals surface area contributed by atoms with E-state index >= 15 is 0 Å². The van der Waals surface area contributed by atoms with Gasteiger partial charge in [-0.1, -0.05) is 109 Å². The second-order valence-corrected chi connectivity index (χ2v) is 11.6. The zero-order valence-corrected chi connectivity index (χ0v) is 26.5. The molecule has 0 saturated carbocycles. The maximum atomic E-state index is 5.18. The number of fused-ring (bicyclic) bond motifs is 4. The molecule has 0 saturated heterocycles. The van der Waals surface area contributed by atoms with Crippen LogP contribution in [0.2, 0.25) is 0 Å². The van der Waals surface area contributed by atoms with E-state index in [0.29, 0.717) is 0 Å². The molecular formula is C42H34N4. The van der Waals surface area contributed by atoms with Crippen LogP contribution in [0.5, 0.6) is 0 Å². The number of aromatic nitrogens is 3. The minimum absolute atomic E-state index is 0.897. The van der Waals surface area contributed by atoms with E-state index < -0.39 is 0 Å². The van der Waals surface area contributed by atoms with Crippen molar-refractivity contribution < 1.29 is 0 Å². The molecule has 0 fully saturated rings. The number of allylic oxidation sites excluding steroid dienone is 4. The zero-order chi connectivity index (χ0) is 31.6. The lowest BCUT2D eigenvalue weighted by Gasteiger charge is -2.11. The molecule has 7 aromatic rings. The van der Waals surface area contributed by atoms with Crippen LogP contribution in [-0.4, -0.2) is 20.7 Å². The highest BCUT2D eigenvalue weighted by Crippen LogP contribution is 2.33. The Balaban J connectivity index is 1.31. The van der Waals surface area contributed by atoms with Crippen molar-refractivity contribution in [3.05, 3.63) is 145 Å². The number of aryl methyl sites for hydroxylation is 1. The van der Waals surface area contributed by atoms with Gasteiger partial charge in [0.25, 0.3) is 0 Å². The van der Waals surface area contributed by atoms with Crippen LogP contribution in [0.3, 0.4) is 0 Å². The molecule has 4 nitrogen and oxygen atoms in total. The van der Waals surface area contributed by atoms with E-state index in [2.05, 4.69) is 124 Å². The van der Waals surface area contributed by atoms with E-state index in [0.717, 1.165) is 89.0 Å². The van der Waals surface area contributed by atoms with Gasteiger partial charge in [0.15, 0.2) is 0 Å². The highest BCUT2D eigenvalue weighted by Gasteiger charge is 2.12. The Morgan fingerprint density at radius 2 is 1.07 bits per heavy atom. The highest BCUT2D eigenvalue weighted by atomic mass is 14.8. The SMILES string of the molecule is C/C=C\C=C(/C)C(C)=Nc1c(C)ccc2ccc(-c3cccc(-c4ccc5ccc6ccc(-c7ccccc7)nc6c5n4)c3)nc12. The lowest BCUT2D eigenvalue weighted by atomic mass is 10.0. The molecule has 0 spiro atoms. The molecule has 0 amide bonds. The van der Waals surface area contributed by atoms with Crippen molar-refractivity contribution in [1.29, 1.82) is 0 Å². The van der Waals surface area contributed by atoms with Gasteiger partial charge in [0.05, 0.1) is 39.3 Å². The number of nitrogens with zero attached hydrogens (tertiary/aromatic N) is 4. The molecule has 222 valence electrons. The molecule has 4 heteroatoms. The minimum Gasteiger partial charge on any atom is -0.251 e. The molecule has 0 atom stereocenters. The fourth-order valence-corrected chi connectivity index (χ4v) is 5.73. The summed E-state index contributed by atoms with van der Waals surface area (Å²) in [6.45, 7) is 8.25. The summed E-state index contributed by atoms with van der Waals surface area (Å²) in [5, 5.41) is 3.20. The first-order valence-corrected chi connectivity index (χ1v) is 15.6. The van der Waals surface area contributed by atoms with Gasteiger partial charge < -0.3 is 0 Å². The van der Waals surface area contributed by atoms with Gasteiger partial charge in [-0.15, -0.1) is 0 Å². The molecule has 3 aromatic heterocycles. The Morgan fingerprint density at radius 3 is 1.67 bits per heavy atom. The molecular weight excluding hydrogens is 560 g/mol. The van der Waals surface area contributed by atoms with Crippen molar-refractivity contribution in [1.82, 2.24) is 15.0 Å². The molecule has 0 radical (unpaired) electrons. The van der Waals surface area contributed by atoms with E-state index in [1.165, 1.54) is 0 Å². The topological polar surface area (TPSA) is 51.0 Å². The Bertz CT molecular complexity index is 2350. The Hall–Kier alpha value is -5.74. The average Bonchev–Trinajstić information content (AvgIpc) is 3.11. The molecule has 0 N–H and O–H groups in total. The van der Waals surface area contributed by atoms with Crippen molar-refractivity contribution in [2.75, 3.05) is 0 Å². The van der Waals surface area contributed by atoms with Gasteiger partial charge in [-0.2, -0.15) is 0 Å². The summed E-state index contributed by atoms with van der Waals surface area (Å²) in [5.74, 6) is 0. The number of aliphatic imine (C=N–C) groups is 1. The molecule has 0 aliphatic heterocycles. The molecule has 46 heavy (non-hydrogen) atoms. The summed E-state index contributed by atoms with van der Waals surface area (Å²) in [5.41, 5.74) is 12.7. The first kappa shape index (κ1) is 29.0. The van der Waals surface area contributed by atoms with Crippen LogP contribution in [0.15, 0.2) is 144 Å². The zero-order valence-electron chi connectivity index (χ0n) is 26.5. The predicted molar refractivity (Wildman–Crippen MR) is 195 cm³/mol. The van der Waals surface area contributed by atoms with Gasteiger partial charge in [-0.25, -0.2) is 15.0 Å². The molecule has 0 unspecified atom stereocenters. The summed E-state index contributed by atoms with van der Waals surface area (Å²) in [4.78, 5) is 20.5. The van der Waals surface area contributed by atoms with Crippen molar-refractivity contribution >= 4 is 44.1 Å². The molecule has 0 aliphatic carbocycles. The number of hydrogen-bond donors (Lipinski definition) is 0. The Labute approximate surface area is 269 Å². The van der Waals surface area contributed by atoms with Gasteiger partial charge in [-0.05, 0) is 63.1 Å². The number of rotatable bonds is 6. The van der Waals surface area contributed by atoms with Crippen LogP contribution < -0.4 is 0 Å². The lowest BCUT2D eigenvalue weighted by molar-refractivity contribution is 1.34. The first-order chi connectivity index (χ1) is 22.5. The van der Waals surface area contributed by atoms with Crippen LogP contribution in [0, 0.1) is 6.92 Å². The summed E-state index contributed by atoms with van der Waals surface area (Å²) in [7, 11) is 0. The van der Waals surface area contributed by atoms with Gasteiger partial charge in [0, 0.05) is 38.6 Å². The average molecular weight is 595 g/mol. The summed E-state index contributed by atoms with van der Waals surface area (Å²) in [6, 6.07) is 39.9. The van der Waals surface area contributed by atoms with Gasteiger partial charge in [0.2, 0.25) is 0 Å². The van der Waals surface area contributed by atoms with Crippen LogP contribution in [0.1, 0.15) is 26.3 Å². The fourth-order valence-electron chi connectivity index (χ4n) is 5.73. The lowest BCUT2D eigenvalue weighted by Crippen LogP contribution is -1.94. The van der Waals surface area contributed by atoms with E-state index in [-0.39, 0.29) is 0 Å². The fraction of sp³-hybridized carbons (Fsp3) is 0.0952. The molecule has 3 heterocycles. The van der Waals surface area contributed by atoms with Crippen LogP contribution in [0.25, 0.3) is 66.5 Å². The second kappa shape index (κ2) is 12.3. The largest absolute Gasteiger partial charge is 0.251 e. The first-order valence-electron chi connectivity index (χ1n) is 15.6. The van der Waals surface area contributed by atoms with Crippen molar-refractivity contribution in [3.63, 3.8) is 0 Å². The number of benzene rings is 4. The monoisotopic (exact) mass is 594 g/mol. The van der Waals surface area contributed by atoms with E-state index in [4.69, 9.17) is 19.9 Å². The highest BCUT2D eigenvalue weighted by molar-refractivity contribution is 6.05. The van der Waals surface area contributed by atoms with E-state index in [1.54, 1.807) is 0 Å². The predicted octanol–water partition coefficient (Wildman–Crippen LogP) is 11.3. The van der Waals surface area contributed by atoms with Crippen LogP contribution in [0.4, 0.5) is 5.69 Å². The third-order valence-corrected chi connectivity index (χ3v) is 8.47. The van der Waals surface area contributed by atoms with Crippen LogP contribution >= 0.6 is 0 Å². The summed E-state index contributed by atoms with van der Waals surface area (Å²) in [6.07, 6.45) is 6.15. The van der Waals surface area contributed by atoms with E-state index in [9.17, 15) is 0 Å².